The van der Waals surface area contributed by atoms with Crippen LogP contribution in [0.15, 0.2) is 18.2 Å². The van der Waals surface area contributed by atoms with Crippen LogP contribution in [0.2, 0.25) is 0 Å². The highest BCUT2D eigenvalue weighted by molar-refractivity contribution is 5.93. The number of hydrogen-bond acceptors (Lipinski definition) is 3. The maximum atomic E-state index is 12.2. The molecule has 0 radical (unpaired) electrons. The Morgan fingerprint density at radius 3 is 2.52 bits per heavy atom. The fraction of sp³-hybridized carbons (Fsp3) is 0.562. The number of halogens is 1. The van der Waals surface area contributed by atoms with Crippen molar-refractivity contribution in [2.24, 2.45) is 11.1 Å². The van der Waals surface area contributed by atoms with Gasteiger partial charge in [0.15, 0.2) is 0 Å². The smallest absolute Gasteiger partial charge is 0.238 e. The van der Waals surface area contributed by atoms with E-state index >= 15 is 0 Å². The Balaban J connectivity index is 0.00000220. The predicted octanol–water partition coefficient (Wildman–Crippen LogP) is 2.33. The summed E-state index contributed by atoms with van der Waals surface area (Å²) >= 11 is 0. The quantitative estimate of drug-likeness (QED) is 0.897. The van der Waals surface area contributed by atoms with Gasteiger partial charge in [-0.05, 0) is 49.9 Å². The summed E-state index contributed by atoms with van der Waals surface area (Å²) in [7, 11) is 0. The molecule has 1 aliphatic rings. The van der Waals surface area contributed by atoms with Gasteiger partial charge in [0.25, 0.3) is 0 Å². The molecular weight excluding hydrogens is 286 g/mol. The Hall–Kier alpha value is -1.10. The van der Waals surface area contributed by atoms with Crippen LogP contribution in [0, 0.1) is 19.3 Å². The van der Waals surface area contributed by atoms with E-state index < -0.39 is 0 Å². The van der Waals surface area contributed by atoms with Crippen molar-refractivity contribution in [1.29, 1.82) is 0 Å². The van der Waals surface area contributed by atoms with Crippen molar-refractivity contribution in [3.05, 3.63) is 29.3 Å². The molecule has 21 heavy (non-hydrogen) atoms. The first kappa shape index (κ1) is 18.0. The highest BCUT2D eigenvalue weighted by atomic mass is 35.5. The maximum absolute atomic E-state index is 12.2. The second kappa shape index (κ2) is 7.25. The number of amides is 1. The molecule has 0 aliphatic carbocycles. The summed E-state index contributed by atoms with van der Waals surface area (Å²) in [4.78, 5) is 14.4. The number of likely N-dealkylation sites (tertiary alicyclic amines) is 1. The lowest BCUT2D eigenvalue weighted by Crippen LogP contribution is -2.35. The number of carbonyl (C=O) groups is 1. The van der Waals surface area contributed by atoms with Crippen LogP contribution in [0.25, 0.3) is 0 Å². The van der Waals surface area contributed by atoms with Crippen LogP contribution in [0.5, 0.6) is 0 Å². The SMILES string of the molecule is Cc1cccc(C)c1NC(=O)CN1CCC(C)(CN)C1.Cl. The number of nitrogens with two attached hydrogens (primary N) is 1. The van der Waals surface area contributed by atoms with Gasteiger partial charge in [-0.25, -0.2) is 0 Å². The zero-order valence-electron chi connectivity index (χ0n) is 13.1. The van der Waals surface area contributed by atoms with Crippen LogP contribution < -0.4 is 11.1 Å². The minimum Gasteiger partial charge on any atom is -0.330 e. The van der Waals surface area contributed by atoms with E-state index in [1.54, 1.807) is 0 Å². The molecule has 0 aromatic heterocycles. The molecule has 2 rings (SSSR count). The summed E-state index contributed by atoms with van der Waals surface area (Å²) < 4.78 is 0. The summed E-state index contributed by atoms with van der Waals surface area (Å²) in [6.07, 6.45) is 1.07. The number of nitrogens with zero attached hydrogens (tertiary/aromatic N) is 1. The highest BCUT2D eigenvalue weighted by Gasteiger charge is 2.33. The van der Waals surface area contributed by atoms with Crippen molar-refractivity contribution in [3.8, 4) is 0 Å². The van der Waals surface area contributed by atoms with Gasteiger partial charge in [0, 0.05) is 12.2 Å². The maximum Gasteiger partial charge on any atom is 0.238 e. The average Bonchev–Trinajstić information content (AvgIpc) is 2.76. The van der Waals surface area contributed by atoms with Crippen LogP contribution in [-0.2, 0) is 4.79 Å². The minimum absolute atomic E-state index is 0. The van der Waals surface area contributed by atoms with E-state index in [1.807, 2.05) is 32.0 Å². The molecule has 1 atom stereocenters. The molecule has 1 amide bonds. The molecule has 1 aromatic carbocycles. The molecule has 4 nitrogen and oxygen atoms in total. The number of anilines is 1. The number of aryl methyl sites for hydroxylation is 2. The Morgan fingerprint density at radius 1 is 1.38 bits per heavy atom. The van der Waals surface area contributed by atoms with Gasteiger partial charge >= 0.3 is 0 Å². The molecule has 0 bridgehead atoms. The molecule has 3 N–H and O–H groups in total. The zero-order valence-corrected chi connectivity index (χ0v) is 13.9. The van der Waals surface area contributed by atoms with E-state index in [0.717, 1.165) is 36.3 Å². The van der Waals surface area contributed by atoms with E-state index in [2.05, 4.69) is 17.1 Å². The second-order valence-electron chi connectivity index (χ2n) is 6.29. The lowest BCUT2D eigenvalue weighted by molar-refractivity contribution is -0.117. The van der Waals surface area contributed by atoms with Crippen LogP contribution >= 0.6 is 12.4 Å². The van der Waals surface area contributed by atoms with Gasteiger partial charge in [-0.3, -0.25) is 9.69 Å². The van der Waals surface area contributed by atoms with E-state index in [1.165, 1.54) is 0 Å². The van der Waals surface area contributed by atoms with Crippen molar-refractivity contribution in [3.63, 3.8) is 0 Å². The molecule has 1 aliphatic heterocycles. The Kier molecular flexibility index (Phi) is 6.20. The Bertz CT molecular complexity index is 486. The fourth-order valence-electron chi connectivity index (χ4n) is 2.82. The monoisotopic (exact) mass is 311 g/mol. The molecule has 1 heterocycles. The second-order valence-corrected chi connectivity index (χ2v) is 6.29. The first-order chi connectivity index (χ1) is 9.43. The first-order valence-electron chi connectivity index (χ1n) is 7.22. The number of carbonyl (C=O) groups excluding carboxylic acids is 1. The van der Waals surface area contributed by atoms with Gasteiger partial charge in [0.05, 0.1) is 6.54 Å². The van der Waals surface area contributed by atoms with Gasteiger partial charge < -0.3 is 11.1 Å². The van der Waals surface area contributed by atoms with E-state index in [4.69, 9.17) is 5.73 Å². The predicted molar refractivity (Wildman–Crippen MR) is 90.0 cm³/mol. The van der Waals surface area contributed by atoms with Crippen molar-refractivity contribution >= 4 is 24.0 Å². The molecule has 0 spiro atoms. The number of para-hydroxylation sites is 1. The van der Waals surface area contributed by atoms with Crippen molar-refractivity contribution < 1.29 is 4.79 Å². The zero-order chi connectivity index (χ0) is 14.8. The molecule has 0 saturated carbocycles. The molecular formula is C16H26ClN3O. The summed E-state index contributed by atoms with van der Waals surface area (Å²) in [5.41, 5.74) is 9.11. The third kappa shape index (κ3) is 4.43. The van der Waals surface area contributed by atoms with E-state index in [9.17, 15) is 4.79 Å². The van der Waals surface area contributed by atoms with Gasteiger partial charge in [0.1, 0.15) is 0 Å². The Morgan fingerprint density at radius 2 is 2.00 bits per heavy atom. The average molecular weight is 312 g/mol. The largest absolute Gasteiger partial charge is 0.330 e. The van der Waals surface area contributed by atoms with Crippen molar-refractivity contribution in [1.82, 2.24) is 4.90 Å². The normalized spacial score (nSPS) is 21.9. The Labute approximate surface area is 133 Å². The van der Waals surface area contributed by atoms with Crippen LogP contribution in [0.1, 0.15) is 24.5 Å². The van der Waals surface area contributed by atoms with Gasteiger partial charge in [-0.2, -0.15) is 0 Å². The number of hydrogen-bond donors (Lipinski definition) is 2. The molecule has 1 aromatic rings. The van der Waals surface area contributed by atoms with Crippen LogP contribution in [0.4, 0.5) is 5.69 Å². The molecule has 1 saturated heterocycles. The molecule has 5 heteroatoms. The molecule has 118 valence electrons. The number of rotatable bonds is 4. The molecule has 1 fully saturated rings. The minimum atomic E-state index is 0. The topological polar surface area (TPSA) is 58.4 Å². The standard InChI is InChI=1S/C16H25N3O.ClH/c1-12-5-4-6-13(2)15(12)18-14(20)9-19-8-7-16(3,10-17)11-19;/h4-6H,7-11,17H2,1-3H3,(H,18,20);1H. The van der Waals surface area contributed by atoms with Gasteiger partial charge in [-0.1, -0.05) is 25.1 Å². The van der Waals surface area contributed by atoms with Crippen molar-refractivity contribution in [2.45, 2.75) is 27.2 Å². The molecule has 1 unspecified atom stereocenters. The fourth-order valence-corrected chi connectivity index (χ4v) is 2.82. The lowest BCUT2D eigenvalue weighted by atomic mass is 9.90. The summed E-state index contributed by atoms with van der Waals surface area (Å²) in [5.74, 6) is 0.0590. The van der Waals surface area contributed by atoms with E-state index in [0.29, 0.717) is 13.1 Å². The van der Waals surface area contributed by atoms with Crippen LogP contribution in [0.3, 0.4) is 0 Å². The summed E-state index contributed by atoms with van der Waals surface area (Å²) in [6, 6.07) is 6.04. The third-order valence-electron chi connectivity index (χ3n) is 4.24. The van der Waals surface area contributed by atoms with Gasteiger partial charge in [-0.15, -0.1) is 12.4 Å². The number of nitrogens with one attached hydrogen (secondary N) is 1. The van der Waals surface area contributed by atoms with Crippen LogP contribution in [-0.4, -0.2) is 37.0 Å². The summed E-state index contributed by atoms with van der Waals surface area (Å²) in [6.45, 7) is 9.22. The third-order valence-corrected chi connectivity index (χ3v) is 4.24. The van der Waals surface area contributed by atoms with Crippen molar-refractivity contribution in [2.75, 3.05) is 31.5 Å². The van der Waals surface area contributed by atoms with E-state index in [-0.39, 0.29) is 23.7 Å². The first-order valence-corrected chi connectivity index (χ1v) is 7.22. The number of benzene rings is 1. The summed E-state index contributed by atoms with van der Waals surface area (Å²) in [5, 5.41) is 3.04. The highest BCUT2D eigenvalue weighted by Crippen LogP contribution is 2.28. The van der Waals surface area contributed by atoms with Gasteiger partial charge in [0.2, 0.25) is 5.91 Å². The lowest BCUT2D eigenvalue weighted by Gasteiger charge is -2.22.